The molecule has 0 saturated heterocycles. The summed E-state index contributed by atoms with van der Waals surface area (Å²) in [7, 11) is 0. The number of hydrogen-bond acceptors (Lipinski definition) is 3. The van der Waals surface area contributed by atoms with Crippen LogP contribution in [0.5, 0.6) is 0 Å². The first-order chi connectivity index (χ1) is 18.2. The van der Waals surface area contributed by atoms with Gasteiger partial charge in [-0.25, -0.2) is 9.82 Å². The van der Waals surface area contributed by atoms with Crippen molar-refractivity contribution in [1.29, 1.82) is 0 Å². The molecule has 0 radical (unpaired) electrons. The molecule has 196 valence electrons. The molecule has 38 heavy (non-hydrogen) atoms. The Morgan fingerprint density at radius 2 is 1.74 bits per heavy atom. The largest absolute Gasteiger partial charge is 0.340 e. The summed E-state index contributed by atoms with van der Waals surface area (Å²) in [6.45, 7) is 5.93. The molecule has 0 fully saturated rings. The zero-order valence-corrected chi connectivity index (χ0v) is 22.6. The van der Waals surface area contributed by atoms with E-state index in [0.717, 1.165) is 22.2 Å². The molecule has 0 spiro atoms. The Morgan fingerprint density at radius 1 is 1.03 bits per heavy atom. The number of amides is 2. The standard InChI is InChI=1S/C29H27Cl2FN4O2/c1-17(2)27(34-28(37)19-12-13-23(30)24(31)14-19)29(38)35-33-15-22-18(3)36(26-11-7-5-9-21(22)26)16-20-8-4-6-10-25(20)32/h4-15,17,27H,16H2,1-3H3,(H,34,37)(H,35,38)/b33-15-. The molecule has 2 N–H and O–H groups in total. The summed E-state index contributed by atoms with van der Waals surface area (Å²) in [5, 5.41) is 8.44. The summed E-state index contributed by atoms with van der Waals surface area (Å²) < 4.78 is 16.4. The minimum atomic E-state index is -0.836. The Balaban J connectivity index is 1.53. The van der Waals surface area contributed by atoms with Crippen LogP contribution in [-0.4, -0.2) is 28.6 Å². The minimum Gasteiger partial charge on any atom is -0.340 e. The number of carbonyl (C=O) groups excluding carboxylic acids is 2. The molecule has 0 aliphatic carbocycles. The van der Waals surface area contributed by atoms with Crippen molar-refractivity contribution in [2.75, 3.05) is 0 Å². The number of rotatable bonds is 8. The topological polar surface area (TPSA) is 75.5 Å². The molecule has 9 heteroatoms. The average Bonchev–Trinajstić information content (AvgIpc) is 3.15. The number of hydrogen-bond donors (Lipinski definition) is 2. The third-order valence-corrected chi connectivity index (χ3v) is 7.09. The van der Waals surface area contributed by atoms with Gasteiger partial charge in [-0.2, -0.15) is 5.10 Å². The van der Waals surface area contributed by atoms with Crippen LogP contribution in [0.25, 0.3) is 10.9 Å². The summed E-state index contributed by atoms with van der Waals surface area (Å²) in [6.07, 6.45) is 1.57. The highest BCUT2D eigenvalue weighted by molar-refractivity contribution is 6.42. The molecule has 1 heterocycles. The molecule has 0 saturated carbocycles. The molecule has 1 atom stereocenters. The van der Waals surface area contributed by atoms with Crippen molar-refractivity contribution in [3.05, 3.63) is 105 Å². The Kier molecular flexibility index (Phi) is 8.49. The summed E-state index contributed by atoms with van der Waals surface area (Å²) in [4.78, 5) is 25.7. The fourth-order valence-corrected chi connectivity index (χ4v) is 4.55. The maximum Gasteiger partial charge on any atom is 0.262 e. The number of fused-ring (bicyclic) bond motifs is 1. The van der Waals surface area contributed by atoms with Crippen molar-refractivity contribution in [2.24, 2.45) is 11.0 Å². The quantitative estimate of drug-likeness (QED) is 0.197. The number of hydrazone groups is 1. The van der Waals surface area contributed by atoms with Crippen molar-refractivity contribution >= 4 is 52.1 Å². The molecular weight excluding hydrogens is 526 g/mol. The van der Waals surface area contributed by atoms with Gasteiger partial charge in [0, 0.05) is 33.3 Å². The van der Waals surface area contributed by atoms with E-state index in [9.17, 15) is 14.0 Å². The van der Waals surface area contributed by atoms with Crippen molar-refractivity contribution in [3.63, 3.8) is 0 Å². The van der Waals surface area contributed by atoms with E-state index in [1.54, 1.807) is 18.3 Å². The molecule has 1 aromatic heterocycles. The van der Waals surface area contributed by atoms with Gasteiger partial charge in [-0.1, -0.05) is 73.4 Å². The van der Waals surface area contributed by atoms with Gasteiger partial charge in [-0.15, -0.1) is 0 Å². The zero-order valence-electron chi connectivity index (χ0n) is 21.1. The molecule has 0 aliphatic rings. The molecule has 4 aromatic rings. The van der Waals surface area contributed by atoms with Crippen molar-refractivity contribution < 1.29 is 14.0 Å². The number of nitrogens with zero attached hydrogens (tertiary/aromatic N) is 2. The number of nitrogens with one attached hydrogen (secondary N) is 2. The number of carbonyl (C=O) groups is 2. The smallest absolute Gasteiger partial charge is 0.262 e. The van der Waals surface area contributed by atoms with Crippen LogP contribution >= 0.6 is 23.2 Å². The highest BCUT2D eigenvalue weighted by Gasteiger charge is 2.25. The average molecular weight is 553 g/mol. The second kappa shape index (κ2) is 11.8. The number of halogens is 3. The van der Waals surface area contributed by atoms with Gasteiger partial charge in [0.05, 0.1) is 22.8 Å². The van der Waals surface area contributed by atoms with Gasteiger partial charge in [-0.05, 0) is 43.2 Å². The molecule has 4 rings (SSSR count). The van der Waals surface area contributed by atoms with Crippen molar-refractivity contribution in [1.82, 2.24) is 15.3 Å². The number of aromatic nitrogens is 1. The maximum atomic E-state index is 14.4. The Bertz CT molecular complexity index is 1530. The lowest BCUT2D eigenvalue weighted by atomic mass is 10.0. The molecule has 0 bridgehead atoms. The monoisotopic (exact) mass is 552 g/mol. The molecular formula is C29H27Cl2FN4O2. The van der Waals surface area contributed by atoms with E-state index in [2.05, 4.69) is 15.8 Å². The van der Waals surface area contributed by atoms with Crippen LogP contribution in [0.3, 0.4) is 0 Å². The third kappa shape index (κ3) is 5.90. The second-order valence-corrected chi connectivity index (χ2v) is 10.1. The van der Waals surface area contributed by atoms with E-state index >= 15 is 0 Å². The lowest BCUT2D eigenvalue weighted by Gasteiger charge is -2.20. The normalized spacial score (nSPS) is 12.3. The zero-order chi connectivity index (χ0) is 27.4. The van der Waals surface area contributed by atoms with Gasteiger partial charge >= 0.3 is 0 Å². The first-order valence-electron chi connectivity index (χ1n) is 12.1. The van der Waals surface area contributed by atoms with E-state index < -0.39 is 17.9 Å². The SMILES string of the molecule is Cc1c(/C=N\NC(=O)C(NC(=O)c2ccc(Cl)c(Cl)c2)C(C)C)c2ccccc2n1Cc1ccccc1F. The lowest BCUT2D eigenvalue weighted by Crippen LogP contribution is -2.48. The number of benzene rings is 3. The summed E-state index contributed by atoms with van der Waals surface area (Å²) in [6, 6.07) is 18.1. The summed E-state index contributed by atoms with van der Waals surface area (Å²) in [5.41, 5.74) is 6.02. The first-order valence-corrected chi connectivity index (χ1v) is 12.8. The predicted molar refractivity (Wildman–Crippen MR) is 150 cm³/mol. The first kappa shape index (κ1) is 27.4. The van der Waals surface area contributed by atoms with Gasteiger partial charge in [0.1, 0.15) is 11.9 Å². The summed E-state index contributed by atoms with van der Waals surface area (Å²) in [5.74, 6) is -1.39. The van der Waals surface area contributed by atoms with E-state index in [4.69, 9.17) is 23.2 Å². The van der Waals surface area contributed by atoms with Crippen LogP contribution in [0.1, 0.15) is 41.0 Å². The molecule has 1 unspecified atom stereocenters. The molecule has 2 amide bonds. The summed E-state index contributed by atoms with van der Waals surface area (Å²) >= 11 is 12.0. The highest BCUT2D eigenvalue weighted by Crippen LogP contribution is 2.26. The van der Waals surface area contributed by atoms with Crippen LogP contribution in [0.15, 0.2) is 71.8 Å². The molecule has 6 nitrogen and oxygen atoms in total. The second-order valence-electron chi connectivity index (χ2n) is 9.25. The Hall–Kier alpha value is -3.68. The minimum absolute atomic E-state index is 0.207. The lowest BCUT2D eigenvalue weighted by molar-refractivity contribution is -0.123. The van der Waals surface area contributed by atoms with E-state index in [1.807, 2.05) is 55.7 Å². The van der Waals surface area contributed by atoms with Crippen molar-refractivity contribution in [3.8, 4) is 0 Å². The fourth-order valence-electron chi connectivity index (χ4n) is 4.25. The predicted octanol–water partition coefficient (Wildman–Crippen LogP) is 6.35. The van der Waals surface area contributed by atoms with Crippen molar-refractivity contribution in [2.45, 2.75) is 33.4 Å². The Morgan fingerprint density at radius 3 is 2.45 bits per heavy atom. The number of para-hydroxylation sites is 1. The Labute approximate surface area is 230 Å². The van der Waals surface area contributed by atoms with Gasteiger partial charge in [0.2, 0.25) is 0 Å². The van der Waals surface area contributed by atoms with Gasteiger partial charge in [0.15, 0.2) is 0 Å². The fraction of sp³-hybridized carbons (Fsp3) is 0.207. The van der Waals surface area contributed by atoms with E-state index in [-0.39, 0.29) is 16.8 Å². The molecule has 0 aliphatic heterocycles. The van der Waals surface area contributed by atoms with Crippen LogP contribution in [-0.2, 0) is 11.3 Å². The van der Waals surface area contributed by atoms with E-state index in [0.29, 0.717) is 22.7 Å². The van der Waals surface area contributed by atoms with Crippen LogP contribution in [0, 0.1) is 18.7 Å². The molecule has 3 aromatic carbocycles. The van der Waals surface area contributed by atoms with Gasteiger partial charge in [0.25, 0.3) is 11.8 Å². The van der Waals surface area contributed by atoms with Gasteiger partial charge < -0.3 is 9.88 Å². The van der Waals surface area contributed by atoms with Crippen LogP contribution in [0.4, 0.5) is 4.39 Å². The maximum absolute atomic E-state index is 14.4. The van der Waals surface area contributed by atoms with Gasteiger partial charge in [-0.3, -0.25) is 9.59 Å². The van der Waals surface area contributed by atoms with E-state index in [1.165, 1.54) is 24.3 Å². The highest BCUT2D eigenvalue weighted by atomic mass is 35.5. The van der Waals surface area contributed by atoms with Crippen LogP contribution < -0.4 is 10.7 Å². The third-order valence-electron chi connectivity index (χ3n) is 6.35. The van der Waals surface area contributed by atoms with Crippen LogP contribution in [0.2, 0.25) is 10.0 Å².